The fourth-order valence-electron chi connectivity index (χ4n) is 2.04. The maximum Gasteiger partial charge on any atom is 0.125 e. The molecular weight excluding hydrogens is 305 g/mol. The number of halogens is 2. The van der Waals surface area contributed by atoms with Gasteiger partial charge in [0.05, 0.1) is 28.5 Å². The van der Waals surface area contributed by atoms with E-state index in [4.69, 9.17) is 23.2 Å². The van der Waals surface area contributed by atoms with E-state index in [0.29, 0.717) is 16.6 Å². The molecule has 0 bridgehead atoms. The van der Waals surface area contributed by atoms with Gasteiger partial charge in [-0.3, -0.25) is 0 Å². The Balaban J connectivity index is 1.76. The molecule has 106 valence electrons. The number of nitrogens with zero attached hydrogens (tertiary/aromatic N) is 1. The molecule has 0 spiro atoms. The minimum atomic E-state index is 0.533. The Kier molecular flexibility index (Phi) is 4.13. The number of anilines is 1. The lowest BCUT2D eigenvalue weighted by Gasteiger charge is -2.04. The number of nitrogens with one attached hydrogen (secondary N) is 2. The zero-order valence-electron chi connectivity index (χ0n) is 11.1. The fraction of sp³-hybridized carbons (Fsp3) is 0.0625. The molecule has 0 aliphatic carbocycles. The first-order chi connectivity index (χ1) is 10.2. The molecule has 0 aliphatic rings. The van der Waals surface area contributed by atoms with Crippen molar-refractivity contribution in [2.24, 2.45) is 0 Å². The predicted octanol–water partition coefficient (Wildman–Crippen LogP) is 5.00. The number of hydrogen-bond acceptors (Lipinski definition) is 2. The first-order valence-electron chi connectivity index (χ1n) is 6.51. The lowest BCUT2D eigenvalue weighted by Crippen LogP contribution is -2.00. The van der Waals surface area contributed by atoms with Crippen molar-refractivity contribution in [1.82, 2.24) is 9.97 Å². The van der Waals surface area contributed by atoms with E-state index in [-0.39, 0.29) is 0 Å². The number of imidazole rings is 1. The van der Waals surface area contributed by atoms with Crippen molar-refractivity contribution < 1.29 is 0 Å². The minimum absolute atomic E-state index is 0.533. The molecule has 2 N–H and O–H groups in total. The first-order valence-corrected chi connectivity index (χ1v) is 7.27. The monoisotopic (exact) mass is 317 g/mol. The van der Waals surface area contributed by atoms with Gasteiger partial charge in [-0.2, -0.15) is 0 Å². The van der Waals surface area contributed by atoms with Crippen LogP contribution in [0, 0.1) is 0 Å². The quantitative estimate of drug-likeness (QED) is 0.711. The highest BCUT2D eigenvalue weighted by Gasteiger charge is 2.09. The molecule has 2 aromatic carbocycles. The Morgan fingerprint density at radius 1 is 1.00 bits per heavy atom. The molecule has 1 heterocycles. The van der Waals surface area contributed by atoms with E-state index < -0.39 is 0 Å². The topological polar surface area (TPSA) is 40.7 Å². The van der Waals surface area contributed by atoms with Gasteiger partial charge in [0.15, 0.2) is 0 Å². The van der Waals surface area contributed by atoms with Crippen LogP contribution in [-0.4, -0.2) is 9.97 Å². The molecule has 1 aromatic heterocycles. The van der Waals surface area contributed by atoms with Crippen molar-refractivity contribution in [2.75, 3.05) is 5.32 Å². The second kappa shape index (κ2) is 6.20. The molecule has 3 aromatic rings. The summed E-state index contributed by atoms with van der Waals surface area (Å²) in [4.78, 5) is 7.61. The third kappa shape index (κ3) is 3.20. The van der Waals surface area contributed by atoms with E-state index in [1.54, 1.807) is 12.3 Å². The number of aromatic nitrogens is 2. The summed E-state index contributed by atoms with van der Waals surface area (Å²) in [6.45, 7) is 0.613. The van der Waals surface area contributed by atoms with Crippen LogP contribution in [0.1, 0.15) is 5.82 Å². The van der Waals surface area contributed by atoms with Gasteiger partial charge in [-0.15, -0.1) is 0 Å². The number of hydrogen-bond donors (Lipinski definition) is 2. The van der Waals surface area contributed by atoms with Gasteiger partial charge in [-0.1, -0.05) is 53.5 Å². The molecule has 0 saturated heterocycles. The van der Waals surface area contributed by atoms with Crippen molar-refractivity contribution in [3.05, 3.63) is 70.6 Å². The number of H-pyrrole nitrogens is 1. The van der Waals surface area contributed by atoms with E-state index >= 15 is 0 Å². The normalized spacial score (nSPS) is 10.6. The number of rotatable bonds is 4. The van der Waals surface area contributed by atoms with E-state index in [0.717, 1.165) is 22.8 Å². The highest BCUT2D eigenvalue weighted by molar-refractivity contribution is 6.43. The lowest BCUT2D eigenvalue weighted by atomic mass is 10.2. The highest BCUT2D eigenvalue weighted by atomic mass is 35.5. The molecule has 0 radical (unpaired) electrons. The Labute approximate surface area is 132 Å². The molecular formula is C16H13Cl2N3. The van der Waals surface area contributed by atoms with Gasteiger partial charge in [0.2, 0.25) is 0 Å². The molecule has 0 aliphatic heterocycles. The maximum absolute atomic E-state index is 6.21. The average molecular weight is 318 g/mol. The van der Waals surface area contributed by atoms with Crippen LogP contribution in [0.15, 0.2) is 54.7 Å². The fourth-order valence-corrected chi connectivity index (χ4v) is 2.45. The van der Waals surface area contributed by atoms with Crippen molar-refractivity contribution in [3.63, 3.8) is 0 Å². The molecule has 0 atom stereocenters. The Morgan fingerprint density at radius 2 is 1.81 bits per heavy atom. The molecule has 3 nitrogen and oxygen atoms in total. The lowest BCUT2D eigenvalue weighted by molar-refractivity contribution is 1.00. The van der Waals surface area contributed by atoms with Crippen LogP contribution in [0.2, 0.25) is 10.0 Å². The van der Waals surface area contributed by atoms with Crippen molar-refractivity contribution >= 4 is 28.9 Å². The Morgan fingerprint density at radius 3 is 2.62 bits per heavy atom. The van der Waals surface area contributed by atoms with Crippen LogP contribution in [-0.2, 0) is 6.54 Å². The summed E-state index contributed by atoms with van der Waals surface area (Å²) < 4.78 is 0. The van der Waals surface area contributed by atoms with Crippen LogP contribution in [0.25, 0.3) is 11.3 Å². The van der Waals surface area contributed by atoms with Crippen LogP contribution < -0.4 is 5.32 Å². The van der Waals surface area contributed by atoms with E-state index in [1.165, 1.54) is 0 Å². The van der Waals surface area contributed by atoms with Gasteiger partial charge in [0, 0.05) is 11.3 Å². The Hall–Kier alpha value is -1.97. The van der Waals surface area contributed by atoms with E-state index in [2.05, 4.69) is 15.3 Å². The van der Waals surface area contributed by atoms with Crippen molar-refractivity contribution in [3.8, 4) is 11.3 Å². The highest BCUT2D eigenvalue weighted by Crippen LogP contribution is 2.32. The number of benzene rings is 2. The number of aromatic amines is 1. The SMILES string of the molecule is Clc1cccc(-c2cnc(CNc3ccccc3)[nH]2)c1Cl. The molecule has 5 heteroatoms. The van der Waals surface area contributed by atoms with Gasteiger partial charge in [-0.25, -0.2) is 4.98 Å². The van der Waals surface area contributed by atoms with Crippen LogP contribution in [0.3, 0.4) is 0 Å². The van der Waals surface area contributed by atoms with E-state index in [9.17, 15) is 0 Å². The van der Waals surface area contributed by atoms with Crippen LogP contribution >= 0.6 is 23.2 Å². The molecule has 21 heavy (non-hydrogen) atoms. The van der Waals surface area contributed by atoms with Crippen LogP contribution in [0.5, 0.6) is 0 Å². The van der Waals surface area contributed by atoms with Gasteiger partial charge in [0.25, 0.3) is 0 Å². The summed E-state index contributed by atoms with van der Waals surface area (Å²) in [6.07, 6.45) is 1.76. The maximum atomic E-state index is 6.21. The third-order valence-electron chi connectivity index (χ3n) is 3.10. The number of para-hydroxylation sites is 1. The second-order valence-corrected chi connectivity index (χ2v) is 5.35. The smallest absolute Gasteiger partial charge is 0.125 e. The summed E-state index contributed by atoms with van der Waals surface area (Å²) in [7, 11) is 0. The molecule has 0 unspecified atom stereocenters. The molecule has 0 fully saturated rings. The zero-order valence-corrected chi connectivity index (χ0v) is 12.6. The first kappa shape index (κ1) is 14.0. The average Bonchev–Trinajstić information content (AvgIpc) is 2.98. The standard InChI is InChI=1S/C16H13Cl2N3/c17-13-8-4-7-12(16(13)18)14-9-20-15(21-14)10-19-11-5-2-1-3-6-11/h1-9,19H,10H2,(H,20,21). The van der Waals surface area contributed by atoms with Gasteiger partial charge < -0.3 is 10.3 Å². The summed E-state index contributed by atoms with van der Waals surface area (Å²) in [5.74, 6) is 0.838. The van der Waals surface area contributed by atoms with E-state index in [1.807, 2.05) is 42.5 Å². The summed E-state index contributed by atoms with van der Waals surface area (Å²) in [6, 6.07) is 15.5. The van der Waals surface area contributed by atoms with Gasteiger partial charge in [-0.05, 0) is 18.2 Å². The summed E-state index contributed by atoms with van der Waals surface area (Å²) in [5, 5.41) is 4.37. The zero-order chi connectivity index (χ0) is 14.7. The molecule has 0 saturated carbocycles. The van der Waals surface area contributed by atoms with Crippen molar-refractivity contribution in [2.45, 2.75) is 6.54 Å². The third-order valence-corrected chi connectivity index (χ3v) is 3.92. The van der Waals surface area contributed by atoms with Gasteiger partial charge >= 0.3 is 0 Å². The largest absolute Gasteiger partial charge is 0.378 e. The summed E-state index contributed by atoms with van der Waals surface area (Å²) in [5.41, 5.74) is 2.76. The molecule has 3 rings (SSSR count). The van der Waals surface area contributed by atoms with Crippen LogP contribution in [0.4, 0.5) is 5.69 Å². The Bertz CT molecular complexity index is 738. The summed E-state index contributed by atoms with van der Waals surface area (Å²) >= 11 is 12.2. The second-order valence-electron chi connectivity index (χ2n) is 4.56. The van der Waals surface area contributed by atoms with Crippen molar-refractivity contribution in [1.29, 1.82) is 0 Å². The molecule has 0 amide bonds. The predicted molar refractivity (Wildman–Crippen MR) is 87.8 cm³/mol. The minimum Gasteiger partial charge on any atom is -0.378 e. The van der Waals surface area contributed by atoms with Gasteiger partial charge in [0.1, 0.15) is 5.82 Å².